The van der Waals surface area contributed by atoms with E-state index in [4.69, 9.17) is 14.0 Å². The van der Waals surface area contributed by atoms with Crippen LogP contribution in [-0.4, -0.2) is 45.2 Å². The minimum Gasteiger partial charge on any atom is -0.467 e. The first kappa shape index (κ1) is 30.6. The van der Waals surface area contributed by atoms with Crippen molar-refractivity contribution in [3.05, 3.63) is 102 Å². The summed E-state index contributed by atoms with van der Waals surface area (Å²) < 4.78 is 42.3. The Kier molecular flexibility index (Phi) is 9.96. The fraction of sp³-hybridized carbons (Fsp3) is 0.172. The van der Waals surface area contributed by atoms with Crippen molar-refractivity contribution in [2.75, 3.05) is 29.0 Å². The van der Waals surface area contributed by atoms with E-state index < -0.39 is 34.0 Å². The summed E-state index contributed by atoms with van der Waals surface area (Å²) in [6, 6.07) is 21.5. The first-order chi connectivity index (χ1) is 20.6. The van der Waals surface area contributed by atoms with Crippen LogP contribution in [0.2, 0.25) is 0 Å². The van der Waals surface area contributed by atoms with Crippen molar-refractivity contribution in [2.24, 2.45) is 0 Å². The van der Waals surface area contributed by atoms with Gasteiger partial charge in [0.25, 0.3) is 10.0 Å². The van der Waals surface area contributed by atoms with Gasteiger partial charge in [0.1, 0.15) is 12.4 Å². The first-order valence-electron chi connectivity index (χ1n) is 12.9. The monoisotopic (exact) mass is 607 g/mol. The van der Waals surface area contributed by atoms with E-state index in [0.29, 0.717) is 22.7 Å². The van der Waals surface area contributed by atoms with Gasteiger partial charge in [-0.05, 0) is 54.4 Å². The van der Waals surface area contributed by atoms with E-state index in [9.17, 15) is 22.8 Å². The molecule has 0 spiro atoms. The van der Waals surface area contributed by atoms with Crippen LogP contribution in [0.15, 0.2) is 94.3 Å². The van der Waals surface area contributed by atoms with E-state index in [-0.39, 0.29) is 23.9 Å². The Hall–Kier alpha value is -5.37. The largest absolute Gasteiger partial charge is 0.467 e. The van der Waals surface area contributed by atoms with Crippen molar-refractivity contribution >= 4 is 45.2 Å². The topological polar surface area (TPSA) is 178 Å². The number of nitrogens with zero attached hydrogens (tertiary/aromatic N) is 1. The highest BCUT2D eigenvalue weighted by molar-refractivity contribution is 7.92. The Bertz CT molecular complexity index is 1670. The van der Waals surface area contributed by atoms with Gasteiger partial charge in [0, 0.05) is 17.4 Å². The number of methoxy groups -OCH3 is 1. The molecular weight excluding hydrogens is 578 g/mol. The molecule has 1 atom stereocenters. The smallest absolute Gasteiger partial charge is 0.408 e. The van der Waals surface area contributed by atoms with Crippen LogP contribution in [0.1, 0.15) is 22.9 Å². The van der Waals surface area contributed by atoms with Crippen molar-refractivity contribution in [1.29, 1.82) is 0 Å². The molecule has 43 heavy (non-hydrogen) atoms. The SMILES string of the molecule is COC(=O)[C@@H](NC(=O)OCc1ccccc1)c1cccc(NC(=O)CNc2ccc(S(=O)(=O)Nc3cc(C)on3)cc2)c1. The van der Waals surface area contributed by atoms with Gasteiger partial charge in [0.05, 0.1) is 18.6 Å². The van der Waals surface area contributed by atoms with Gasteiger partial charge >= 0.3 is 12.1 Å². The number of anilines is 3. The number of aryl methyl sites for hydroxylation is 1. The third-order valence-corrected chi connectivity index (χ3v) is 7.27. The summed E-state index contributed by atoms with van der Waals surface area (Å²) in [4.78, 5) is 37.5. The van der Waals surface area contributed by atoms with Gasteiger partial charge < -0.3 is 29.9 Å². The van der Waals surface area contributed by atoms with Gasteiger partial charge in [0.2, 0.25) is 5.91 Å². The molecule has 224 valence electrons. The Morgan fingerprint density at radius 2 is 1.67 bits per heavy atom. The van der Waals surface area contributed by atoms with Crippen molar-refractivity contribution in [1.82, 2.24) is 10.5 Å². The molecule has 0 saturated heterocycles. The summed E-state index contributed by atoms with van der Waals surface area (Å²) in [5.74, 6) is -0.612. The molecule has 0 unspecified atom stereocenters. The van der Waals surface area contributed by atoms with Gasteiger partial charge in [-0.25, -0.2) is 18.0 Å². The van der Waals surface area contributed by atoms with Crippen LogP contribution in [0.4, 0.5) is 22.0 Å². The second-order valence-corrected chi connectivity index (χ2v) is 10.8. The molecule has 4 rings (SSSR count). The van der Waals surface area contributed by atoms with Gasteiger partial charge in [-0.2, -0.15) is 0 Å². The van der Waals surface area contributed by atoms with Crippen LogP contribution < -0.4 is 20.7 Å². The summed E-state index contributed by atoms with van der Waals surface area (Å²) >= 11 is 0. The third-order valence-electron chi connectivity index (χ3n) is 5.90. The molecule has 0 radical (unpaired) electrons. The van der Waals surface area contributed by atoms with Gasteiger partial charge in [-0.1, -0.05) is 47.6 Å². The van der Waals surface area contributed by atoms with Crippen LogP contribution in [-0.2, 0) is 35.7 Å². The average Bonchev–Trinajstić information content (AvgIpc) is 3.41. The molecule has 3 aromatic carbocycles. The maximum Gasteiger partial charge on any atom is 0.408 e. The van der Waals surface area contributed by atoms with Gasteiger partial charge in [-0.3, -0.25) is 9.52 Å². The number of rotatable bonds is 12. The molecule has 4 N–H and O–H groups in total. The molecular formula is C29H29N5O8S. The highest BCUT2D eigenvalue weighted by Gasteiger charge is 2.25. The van der Waals surface area contributed by atoms with E-state index >= 15 is 0 Å². The lowest BCUT2D eigenvalue weighted by molar-refractivity contribution is -0.143. The molecule has 0 fully saturated rings. The number of amides is 2. The zero-order valence-corrected chi connectivity index (χ0v) is 24.0. The van der Waals surface area contributed by atoms with Crippen LogP contribution in [0.25, 0.3) is 0 Å². The third kappa shape index (κ3) is 8.81. The minimum atomic E-state index is -3.88. The normalized spacial score (nSPS) is 11.6. The number of alkyl carbamates (subject to hydrolysis) is 1. The number of aromatic nitrogens is 1. The van der Waals surface area contributed by atoms with E-state index in [1.165, 1.54) is 43.5 Å². The number of ether oxygens (including phenoxy) is 2. The lowest BCUT2D eigenvalue weighted by atomic mass is 10.1. The summed E-state index contributed by atoms with van der Waals surface area (Å²) in [6.45, 7) is 1.51. The fourth-order valence-corrected chi connectivity index (χ4v) is 4.81. The van der Waals surface area contributed by atoms with E-state index in [0.717, 1.165) is 5.56 Å². The molecule has 1 aromatic heterocycles. The number of carbonyl (C=O) groups is 3. The Morgan fingerprint density at radius 3 is 2.35 bits per heavy atom. The van der Waals surface area contributed by atoms with E-state index in [1.807, 2.05) is 18.2 Å². The second kappa shape index (κ2) is 14.0. The molecule has 14 heteroatoms. The summed E-state index contributed by atoms with van der Waals surface area (Å²) in [6.07, 6.45) is -0.819. The van der Waals surface area contributed by atoms with Crippen molar-refractivity contribution in [3.8, 4) is 0 Å². The van der Waals surface area contributed by atoms with E-state index in [2.05, 4.69) is 25.8 Å². The van der Waals surface area contributed by atoms with Crippen molar-refractivity contribution in [2.45, 2.75) is 24.5 Å². The quantitative estimate of drug-likeness (QED) is 0.172. The number of nitrogens with one attached hydrogen (secondary N) is 4. The molecule has 0 aliphatic heterocycles. The fourth-order valence-electron chi connectivity index (χ4n) is 3.83. The molecule has 0 aliphatic rings. The second-order valence-electron chi connectivity index (χ2n) is 9.14. The predicted octanol–water partition coefficient (Wildman–Crippen LogP) is 3.97. The maximum atomic E-state index is 12.6. The Labute approximate surface area is 247 Å². The molecule has 4 aromatic rings. The van der Waals surface area contributed by atoms with Crippen LogP contribution >= 0.6 is 0 Å². The Balaban J connectivity index is 1.32. The molecule has 0 aliphatic carbocycles. The molecule has 1 heterocycles. The average molecular weight is 608 g/mol. The number of hydrogen-bond donors (Lipinski definition) is 4. The zero-order chi connectivity index (χ0) is 30.8. The number of benzene rings is 3. The lowest BCUT2D eigenvalue weighted by Crippen LogP contribution is -2.35. The van der Waals surface area contributed by atoms with Crippen LogP contribution in [0.5, 0.6) is 0 Å². The molecule has 0 saturated carbocycles. The first-order valence-corrected chi connectivity index (χ1v) is 14.4. The number of sulfonamides is 1. The van der Waals surface area contributed by atoms with Gasteiger partial charge in [0.15, 0.2) is 11.9 Å². The number of hydrogen-bond acceptors (Lipinski definition) is 10. The number of esters is 1. The number of carbonyl (C=O) groups excluding carboxylic acids is 3. The predicted molar refractivity (Wildman–Crippen MR) is 157 cm³/mol. The van der Waals surface area contributed by atoms with Crippen molar-refractivity contribution < 1.29 is 36.8 Å². The Morgan fingerprint density at radius 1 is 0.930 bits per heavy atom. The zero-order valence-electron chi connectivity index (χ0n) is 23.2. The minimum absolute atomic E-state index is 0.00214. The van der Waals surface area contributed by atoms with Crippen molar-refractivity contribution in [3.63, 3.8) is 0 Å². The highest BCUT2D eigenvalue weighted by Crippen LogP contribution is 2.21. The molecule has 0 bridgehead atoms. The molecule has 13 nitrogen and oxygen atoms in total. The maximum absolute atomic E-state index is 12.6. The molecule has 2 amide bonds. The van der Waals surface area contributed by atoms with Crippen LogP contribution in [0.3, 0.4) is 0 Å². The summed E-state index contributed by atoms with van der Waals surface area (Å²) in [5, 5.41) is 11.7. The summed E-state index contributed by atoms with van der Waals surface area (Å²) in [7, 11) is -2.68. The summed E-state index contributed by atoms with van der Waals surface area (Å²) in [5.41, 5.74) is 2.01. The lowest BCUT2D eigenvalue weighted by Gasteiger charge is -2.18. The van der Waals surface area contributed by atoms with Crippen LogP contribution in [0, 0.1) is 6.92 Å². The highest BCUT2D eigenvalue weighted by atomic mass is 32.2. The van der Waals surface area contributed by atoms with Gasteiger partial charge in [-0.15, -0.1) is 0 Å². The van der Waals surface area contributed by atoms with E-state index in [1.54, 1.807) is 37.3 Å². The standard InChI is InChI=1S/C29H29N5O8S/c1-19-15-25(33-42-19)34-43(38,39)24-13-11-22(12-14-24)30-17-26(35)31-23-10-6-9-21(16-23)27(28(36)40-2)32-29(37)41-18-20-7-4-3-5-8-20/h3-16,27,30H,17-18H2,1-2H3,(H,31,35)(H,32,37)(H,33,34)/t27-/m0/s1.